The first kappa shape index (κ1) is 18.8. The number of ether oxygens (including phenoxy) is 1. The van der Waals surface area contributed by atoms with Gasteiger partial charge in [0.15, 0.2) is 0 Å². The second kappa shape index (κ2) is 8.57. The number of carbonyl (C=O) groups is 2. The maximum atomic E-state index is 12.6. The molecule has 2 fully saturated rings. The number of methoxy groups -OCH3 is 1. The fourth-order valence-electron chi connectivity index (χ4n) is 4.11. The Labute approximate surface area is 153 Å². The van der Waals surface area contributed by atoms with Crippen molar-refractivity contribution in [3.05, 3.63) is 6.33 Å². The summed E-state index contributed by atoms with van der Waals surface area (Å²) in [5.74, 6) is 0.372. The number of piperidine rings is 2. The lowest BCUT2D eigenvalue weighted by Gasteiger charge is -2.48. The van der Waals surface area contributed by atoms with Crippen LogP contribution in [0, 0.1) is 5.41 Å². The molecule has 0 unspecified atom stereocenters. The molecule has 2 aliphatic rings. The number of carbonyl (C=O) groups excluding carboxylic acids is 2. The molecule has 0 bridgehead atoms. The monoisotopic (exact) mass is 364 g/mol. The molecule has 0 aromatic carbocycles. The van der Waals surface area contributed by atoms with Crippen LogP contribution in [0.2, 0.25) is 0 Å². The van der Waals surface area contributed by atoms with E-state index in [0.29, 0.717) is 26.0 Å². The molecule has 3 heterocycles. The van der Waals surface area contributed by atoms with Crippen molar-refractivity contribution >= 4 is 11.8 Å². The molecule has 0 radical (unpaired) electrons. The number of nitrogens with zero attached hydrogens (tertiary/aromatic N) is 6. The molecular weight excluding hydrogens is 336 g/mol. The van der Waals surface area contributed by atoms with Gasteiger partial charge in [-0.05, 0) is 36.1 Å². The lowest BCUT2D eigenvalue weighted by molar-refractivity contribution is -0.143. The number of aryl methyl sites for hydroxylation is 1. The van der Waals surface area contributed by atoms with Crippen molar-refractivity contribution in [2.45, 2.75) is 45.1 Å². The minimum atomic E-state index is 0.0453. The van der Waals surface area contributed by atoms with Crippen molar-refractivity contribution < 1.29 is 14.3 Å². The van der Waals surface area contributed by atoms with Gasteiger partial charge in [-0.15, -0.1) is 5.10 Å². The molecule has 1 spiro atoms. The molecular formula is C17H28N6O3. The molecule has 2 aliphatic heterocycles. The summed E-state index contributed by atoms with van der Waals surface area (Å²) in [5.41, 5.74) is 0.0453. The fraction of sp³-hybridized carbons (Fsp3) is 0.824. The van der Waals surface area contributed by atoms with Gasteiger partial charge in [-0.2, -0.15) is 0 Å². The van der Waals surface area contributed by atoms with E-state index in [9.17, 15) is 9.59 Å². The predicted octanol–water partition coefficient (Wildman–Crippen LogP) is 0.331. The highest BCUT2D eigenvalue weighted by atomic mass is 16.5. The SMILES string of the molecule is COCCCN1C[C@]2(CCCN(C(=O)CCn3cnnn3)C2)CCC1=O. The molecule has 144 valence electrons. The molecule has 9 nitrogen and oxygen atoms in total. The van der Waals surface area contributed by atoms with E-state index in [1.807, 2.05) is 9.80 Å². The average Bonchev–Trinajstić information content (AvgIpc) is 3.17. The second-order valence-electron chi connectivity index (χ2n) is 7.40. The normalized spacial score (nSPS) is 23.7. The summed E-state index contributed by atoms with van der Waals surface area (Å²) in [5, 5.41) is 11.0. The van der Waals surface area contributed by atoms with Crippen LogP contribution in [0.4, 0.5) is 0 Å². The van der Waals surface area contributed by atoms with Crippen LogP contribution in [0.1, 0.15) is 38.5 Å². The fourth-order valence-corrected chi connectivity index (χ4v) is 4.11. The number of amides is 2. The van der Waals surface area contributed by atoms with Crippen LogP contribution < -0.4 is 0 Å². The van der Waals surface area contributed by atoms with Crippen molar-refractivity contribution in [2.75, 3.05) is 39.9 Å². The Kier molecular flexibility index (Phi) is 6.18. The Morgan fingerprint density at radius 1 is 1.31 bits per heavy atom. The smallest absolute Gasteiger partial charge is 0.224 e. The van der Waals surface area contributed by atoms with Gasteiger partial charge in [0.25, 0.3) is 0 Å². The standard InChI is InChI=1S/C17H28N6O3/c1-26-11-3-9-22-13-17(7-4-15(22)24)6-2-8-21(12-17)16(25)5-10-23-14-18-19-20-23/h14H,2-13H2,1H3/t17-/m1/s1. The zero-order valence-corrected chi connectivity index (χ0v) is 15.5. The number of rotatable bonds is 7. The maximum Gasteiger partial charge on any atom is 0.224 e. The van der Waals surface area contributed by atoms with Gasteiger partial charge in [0.2, 0.25) is 11.8 Å². The first-order chi connectivity index (χ1) is 12.6. The highest BCUT2D eigenvalue weighted by molar-refractivity contribution is 5.78. The molecule has 2 amide bonds. The van der Waals surface area contributed by atoms with E-state index in [1.54, 1.807) is 11.8 Å². The Morgan fingerprint density at radius 3 is 2.96 bits per heavy atom. The second-order valence-corrected chi connectivity index (χ2v) is 7.40. The molecule has 2 saturated heterocycles. The minimum absolute atomic E-state index is 0.0453. The molecule has 0 N–H and O–H groups in total. The summed E-state index contributed by atoms with van der Waals surface area (Å²) in [6, 6.07) is 0. The third kappa shape index (κ3) is 4.57. The first-order valence-electron chi connectivity index (χ1n) is 9.37. The van der Waals surface area contributed by atoms with Crippen molar-refractivity contribution in [2.24, 2.45) is 5.41 Å². The number of tetrazole rings is 1. The molecule has 0 aliphatic carbocycles. The lowest BCUT2D eigenvalue weighted by atomic mass is 9.73. The van der Waals surface area contributed by atoms with E-state index in [-0.39, 0.29) is 17.2 Å². The van der Waals surface area contributed by atoms with E-state index >= 15 is 0 Å². The van der Waals surface area contributed by atoms with Crippen LogP contribution in [-0.2, 0) is 20.9 Å². The quantitative estimate of drug-likeness (QED) is 0.647. The lowest BCUT2D eigenvalue weighted by Crippen LogP contribution is -2.55. The summed E-state index contributed by atoms with van der Waals surface area (Å²) >= 11 is 0. The van der Waals surface area contributed by atoms with Crippen LogP contribution in [0.3, 0.4) is 0 Å². The van der Waals surface area contributed by atoms with Gasteiger partial charge in [0.1, 0.15) is 6.33 Å². The van der Waals surface area contributed by atoms with E-state index in [0.717, 1.165) is 51.9 Å². The minimum Gasteiger partial charge on any atom is -0.385 e. The maximum absolute atomic E-state index is 12.6. The highest BCUT2D eigenvalue weighted by Crippen LogP contribution is 2.39. The number of likely N-dealkylation sites (tertiary alicyclic amines) is 2. The third-order valence-electron chi connectivity index (χ3n) is 5.49. The summed E-state index contributed by atoms with van der Waals surface area (Å²) in [4.78, 5) is 28.8. The van der Waals surface area contributed by atoms with Crippen LogP contribution in [0.15, 0.2) is 6.33 Å². The van der Waals surface area contributed by atoms with Gasteiger partial charge < -0.3 is 14.5 Å². The molecule has 3 rings (SSSR count). The van der Waals surface area contributed by atoms with Gasteiger partial charge >= 0.3 is 0 Å². The first-order valence-corrected chi connectivity index (χ1v) is 9.37. The van der Waals surface area contributed by atoms with E-state index < -0.39 is 0 Å². The van der Waals surface area contributed by atoms with Crippen molar-refractivity contribution in [1.82, 2.24) is 30.0 Å². The summed E-state index contributed by atoms with van der Waals surface area (Å²) in [6.45, 7) is 4.20. The molecule has 0 saturated carbocycles. The largest absolute Gasteiger partial charge is 0.385 e. The Hall–Kier alpha value is -2.03. The van der Waals surface area contributed by atoms with E-state index in [1.165, 1.54) is 6.33 Å². The number of hydrogen-bond acceptors (Lipinski definition) is 6. The molecule has 9 heteroatoms. The third-order valence-corrected chi connectivity index (χ3v) is 5.49. The molecule has 26 heavy (non-hydrogen) atoms. The highest BCUT2D eigenvalue weighted by Gasteiger charge is 2.42. The van der Waals surface area contributed by atoms with Gasteiger partial charge in [0, 0.05) is 58.2 Å². The summed E-state index contributed by atoms with van der Waals surface area (Å²) in [6.07, 6.45) is 6.32. The topological polar surface area (TPSA) is 93.4 Å². The van der Waals surface area contributed by atoms with Gasteiger partial charge in [-0.3, -0.25) is 9.59 Å². The number of hydrogen-bond donors (Lipinski definition) is 0. The zero-order valence-electron chi connectivity index (χ0n) is 15.5. The van der Waals surface area contributed by atoms with Crippen LogP contribution in [0.25, 0.3) is 0 Å². The average molecular weight is 364 g/mol. The predicted molar refractivity (Wildman–Crippen MR) is 93.0 cm³/mol. The number of aromatic nitrogens is 4. The Morgan fingerprint density at radius 2 is 2.19 bits per heavy atom. The summed E-state index contributed by atoms with van der Waals surface area (Å²) < 4.78 is 6.68. The van der Waals surface area contributed by atoms with Crippen LogP contribution >= 0.6 is 0 Å². The zero-order chi connectivity index (χ0) is 18.4. The van der Waals surface area contributed by atoms with Crippen molar-refractivity contribution in [1.29, 1.82) is 0 Å². The molecule has 1 atom stereocenters. The van der Waals surface area contributed by atoms with Gasteiger partial charge in [-0.1, -0.05) is 0 Å². The summed E-state index contributed by atoms with van der Waals surface area (Å²) in [7, 11) is 1.68. The van der Waals surface area contributed by atoms with E-state index in [4.69, 9.17) is 4.74 Å². The van der Waals surface area contributed by atoms with E-state index in [2.05, 4.69) is 15.5 Å². The molecule has 1 aromatic rings. The van der Waals surface area contributed by atoms with Crippen LogP contribution in [0.5, 0.6) is 0 Å². The Bertz CT molecular complexity index is 608. The van der Waals surface area contributed by atoms with Crippen molar-refractivity contribution in [3.63, 3.8) is 0 Å². The van der Waals surface area contributed by atoms with Gasteiger partial charge in [-0.25, -0.2) is 4.68 Å². The van der Waals surface area contributed by atoms with Gasteiger partial charge in [0.05, 0.1) is 6.54 Å². The Balaban J connectivity index is 1.55. The van der Waals surface area contributed by atoms with Crippen molar-refractivity contribution in [3.8, 4) is 0 Å². The molecule has 1 aromatic heterocycles. The van der Waals surface area contributed by atoms with Crippen LogP contribution in [-0.4, -0.2) is 81.7 Å².